The van der Waals surface area contributed by atoms with Crippen molar-refractivity contribution < 1.29 is 0 Å². The van der Waals surface area contributed by atoms with Crippen molar-refractivity contribution in [3.63, 3.8) is 0 Å². The molecule has 0 spiro atoms. The maximum atomic E-state index is 4.06. The zero-order valence-corrected chi connectivity index (χ0v) is 7.94. The topological polar surface area (TPSA) is 38.7 Å². The molecule has 0 fully saturated rings. The van der Waals surface area contributed by atoms with E-state index in [1.165, 1.54) is 12.7 Å². The lowest BCUT2D eigenvalue weighted by Crippen LogP contribution is -1.81. The van der Waals surface area contributed by atoms with Gasteiger partial charge < -0.3 is 0 Å². The molecular weight excluding hydrogens is 162 g/mol. The third-order valence-corrected chi connectivity index (χ3v) is 1.28. The van der Waals surface area contributed by atoms with Crippen molar-refractivity contribution in [2.24, 2.45) is 0 Å². The molecule has 68 valence electrons. The molecule has 0 radical (unpaired) electrons. The van der Waals surface area contributed by atoms with Gasteiger partial charge in [0.25, 0.3) is 0 Å². The largest absolute Gasteiger partial charge is 0.253 e. The summed E-state index contributed by atoms with van der Waals surface area (Å²) in [6.07, 6.45) is 6.19. The summed E-state index contributed by atoms with van der Waals surface area (Å²) in [4.78, 5) is 11.9. The molecular formula is C10H13N3. The van der Waals surface area contributed by atoms with Gasteiger partial charge in [-0.1, -0.05) is 20.3 Å². The smallest absolute Gasteiger partial charge is 0.116 e. The zero-order chi connectivity index (χ0) is 9.52. The Morgan fingerprint density at radius 2 is 1.92 bits per heavy atom. The lowest BCUT2D eigenvalue weighted by atomic mass is 10.4. The first kappa shape index (κ1) is 9.58. The highest BCUT2D eigenvalue weighted by Gasteiger charge is 1.89. The van der Waals surface area contributed by atoms with E-state index in [0.717, 1.165) is 11.0 Å². The van der Waals surface area contributed by atoms with E-state index < -0.39 is 0 Å². The van der Waals surface area contributed by atoms with Gasteiger partial charge in [0.1, 0.15) is 11.8 Å². The first-order chi connectivity index (χ1) is 6.38. The second-order valence-corrected chi connectivity index (χ2v) is 2.64. The molecule has 2 rings (SSSR count). The van der Waals surface area contributed by atoms with E-state index in [1.807, 2.05) is 12.1 Å². The molecule has 0 atom stereocenters. The van der Waals surface area contributed by atoms with Crippen molar-refractivity contribution >= 4 is 11.0 Å². The van der Waals surface area contributed by atoms with Crippen LogP contribution in [0.2, 0.25) is 0 Å². The van der Waals surface area contributed by atoms with Crippen LogP contribution >= 0.6 is 0 Å². The van der Waals surface area contributed by atoms with Gasteiger partial charge in [0, 0.05) is 6.20 Å². The quantitative estimate of drug-likeness (QED) is 0.617. The SMILES string of the molecule is CCC.c1cnc2cncnc2c1. The highest BCUT2D eigenvalue weighted by atomic mass is 14.8. The Kier molecular flexibility index (Phi) is 3.82. The van der Waals surface area contributed by atoms with Gasteiger partial charge in [-0.3, -0.25) is 4.98 Å². The number of rotatable bonds is 0. The molecule has 13 heavy (non-hydrogen) atoms. The summed E-state index contributed by atoms with van der Waals surface area (Å²) in [6.45, 7) is 4.25. The minimum absolute atomic E-state index is 0.838. The highest BCUT2D eigenvalue weighted by Crippen LogP contribution is 2.02. The van der Waals surface area contributed by atoms with Gasteiger partial charge in [0.2, 0.25) is 0 Å². The molecule has 0 unspecified atom stereocenters. The Labute approximate surface area is 77.9 Å². The minimum atomic E-state index is 0.838. The van der Waals surface area contributed by atoms with Crippen LogP contribution in [0.3, 0.4) is 0 Å². The van der Waals surface area contributed by atoms with Crippen LogP contribution in [0.25, 0.3) is 11.0 Å². The summed E-state index contributed by atoms with van der Waals surface area (Å²) in [5.74, 6) is 0. The molecule has 0 aliphatic rings. The Morgan fingerprint density at radius 1 is 1.15 bits per heavy atom. The fourth-order valence-corrected chi connectivity index (χ4v) is 0.817. The van der Waals surface area contributed by atoms with E-state index in [9.17, 15) is 0 Å². The Bertz CT molecular complexity index is 294. The van der Waals surface area contributed by atoms with Gasteiger partial charge in [-0.25, -0.2) is 9.97 Å². The van der Waals surface area contributed by atoms with E-state index in [2.05, 4.69) is 28.8 Å². The molecule has 3 nitrogen and oxygen atoms in total. The van der Waals surface area contributed by atoms with Crippen molar-refractivity contribution in [2.75, 3.05) is 0 Å². The monoisotopic (exact) mass is 175 g/mol. The van der Waals surface area contributed by atoms with Crippen LogP contribution < -0.4 is 0 Å². The van der Waals surface area contributed by atoms with Crippen LogP contribution in [-0.2, 0) is 0 Å². The van der Waals surface area contributed by atoms with E-state index in [0.29, 0.717) is 0 Å². The molecule has 0 saturated carbocycles. The Morgan fingerprint density at radius 3 is 2.62 bits per heavy atom. The van der Waals surface area contributed by atoms with Crippen LogP contribution in [0.4, 0.5) is 0 Å². The summed E-state index contributed by atoms with van der Waals surface area (Å²) in [5.41, 5.74) is 1.72. The maximum absolute atomic E-state index is 4.06. The minimum Gasteiger partial charge on any atom is -0.253 e. The number of nitrogens with zero attached hydrogens (tertiary/aromatic N) is 3. The summed E-state index contributed by atoms with van der Waals surface area (Å²) < 4.78 is 0. The first-order valence-corrected chi connectivity index (χ1v) is 4.39. The molecule has 0 saturated heterocycles. The normalized spacial score (nSPS) is 9.08. The lowest BCUT2D eigenvalue weighted by Gasteiger charge is -1.89. The van der Waals surface area contributed by atoms with Gasteiger partial charge in [0.05, 0.1) is 11.7 Å². The van der Waals surface area contributed by atoms with E-state index in [4.69, 9.17) is 0 Å². The molecule has 0 aromatic carbocycles. The zero-order valence-electron chi connectivity index (χ0n) is 7.94. The molecule has 3 heteroatoms. The Balaban J connectivity index is 0.000000251. The number of hydrogen-bond donors (Lipinski definition) is 0. The molecule has 0 bridgehead atoms. The predicted molar refractivity (Wildman–Crippen MR) is 53.3 cm³/mol. The summed E-state index contributed by atoms with van der Waals surface area (Å²) in [6, 6.07) is 3.76. The number of pyridine rings is 1. The van der Waals surface area contributed by atoms with Crippen molar-refractivity contribution in [1.82, 2.24) is 15.0 Å². The van der Waals surface area contributed by atoms with Gasteiger partial charge in [0.15, 0.2) is 0 Å². The van der Waals surface area contributed by atoms with Crippen molar-refractivity contribution in [2.45, 2.75) is 20.3 Å². The van der Waals surface area contributed by atoms with Crippen LogP contribution in [0.1, 0.15) is 20.3 Å². The fraction of sp³-hybridized carbons (Fsp3) is 0.300. The van der Waals surface area contributed by atoms with Crippen LogP contribution in [0.15, 0.2) is 30.9 Å². The maximum Gasteiger partial charge on any atom is 0.116 e. The third-order valence-electron chi connectivity index (χ3n) is 1.28. The number of aromatic nitrogens is 3. The molecule has 2 heterocycles. The molecule has 0 aliphatic heterocycles. The second kappa shape index (κ2) is 5.19. The highest BCUT2D eigenvalue weighted by molar-refractivity contribution is 5.71. The van der Waals surface area contributed by atoms with Gasteiger partial charge in [-0.2, -0.15) is 0 Å². The molecule has 0 N–H and O–H groups in total. The molecule has 2 aromatic rings. The summed E-state index contributed by atoms with van der Waals surface area (Å²) in [5, 5.41) is 0. The van der Waals surface area contributed by atoms with Crippen molar-refractivity contribution in [3.05, 3.63) is 30.9 Å². The lowest BCUT2D eigenvalue weighted by molar-refractivity contribution is 1.09. The number of fused-ring (bicyclic) bond motifs is 1. The van der Waals surface area contributed by atoms with Gasteiger partial charge in [-0.05, 0) is 12.1 Å². The Hall–Kier alpha value is -1.51. The second-order valence-electron chi connectivity index (χ2n) is 2.64. The van der Waals surface area contributed by atoms with Crippen molar-refractivity contribution in [1.29, 1.82) is 0 Å². The van der Waals surface area contributed by atoms with Gasteiger partial charge >= 0.3 is 0 Å². The standard InChI is InChI=1S/C7H5N3.C3H8/c1-2-6-7(9-3-1)4-8-5-10-6;1-3-2/h1-5H;3H2,1-2H3. The average Bonchev–Trinajstić information content (AvgIpc) is 2.19. The molecule has 0 aliphatic carbocycles. The van der Waals surface area contributed by atoms with E-state index in [-0.39, 0.29) is 0 Å². The van der Waals surface area contributed by atoms with Crippen LogP contribution in [0.5, 0.6) is 0 Å². The fourth-order valence-electron chi connectivity index (χ4n) is 0.817. The third kappa shape index (κ3) is 2.78. The van der Waals surface area contributed by atoms with E-state index >= 15 is 0 Å². The summed E-state index contributed by atoms with van der Waals surface area (Å²) >= 11 is 0. The average molecular weight is 175 g/mol. The summed E-state index contributed by atoms with van der Waals surface area (Å²) in [7, 11) is 0. The predicted octanol–water partition coefficient (Wildman–Crippen LogP) is 2.44. The van der Waals surface area contributed by atoms with Crippen LogP contribution in [0, 0.1) is 0 Å². The first-order valence-electron chi connectivity index (χ1n) is 4.39. The molecule has 2 aromatic heterocycles. The van der Waals surface area contributed by atoms with Gasteiger partial charge in [-0.15, -0.1) is 0 Å². The van der Waals surface area contributed by atoms with Crippen molar-refractivity contribution in [3.8, 4) is 0 Å². The van der Waals surface area contributed by atoms with Crippen LogP contribution in [-0.4, -0.2) is 15.0 Å². The number of hydrogen-bond acceptors (Lipinski definition) is 3. The molecule has 0 amide bonds. The van der Waals surface area contributed by atoms with E-state index in [1.54, 1.807) is 12.4 Å².